The Bertz CT molecular complexity index is 677. The molecule has 0 aliphatic heterocycles. The Morgan fingerprint density at radius 1 is 1.24 bits per heavy atom. The summed E-state index contributed by atoms with van der Waals surface area (Å²) < 4.78 is 0.888. The van der Waals surface area contributed by atoms with Gasteiger partial charge in [0.2, 0.25) is 5.91 Å². The summed E-state index contributed by atoms with van der Waals surface area (Å²) in [5.41, 5.74) is 6.11. The van der Waals surface area contributed by atoms with Crippen LogP contribution in [0.2, 0.25) is 0 Å². The van der Waals surface area contributed by atoms with Gasteiger partial charge in [-0.3, -0.25) is 9.59 Å². The maximum Gasteiger partial charge on any atom is 0.222 e. The molecule has 136 valence electrons. The third-order valence-electron chi connectivity index (χ3n) is 6.42. The second-order valence-electron chi connectivity index (χ2n) is 8.45. The Balaban J connectivity index is 1.47. The number of nitrogens with two attached hydrogens (primary N) is 1. The summed E-state index contributed by atoms with van der Waals surface area (Å²) in [7, 11) is 0. The van der Waals surface area contributed by atoms with Gasteiger partial charge in [-0.05, 0) is 70.1 Å². The third-order valence-corrected chi connectivity index (χ3v) is 8.77. The van der Waals surface area contributed by atoms with Crippen LogP contribution in [0.4, 0.5) is 0 Å². The molecule has 1 atom stereocenters. The topological polar surface area (TPSA) is 73.1 Å². The minimum Gasteiger partial charge on any atom is -0.369 e. The minimum absolute atomic E-state index is 0.0521. The van der Waals surface area contributed by atoms with Crippen LogP contribution in [0.5, 0.6) is 0 Å². The highest BCUT2D eigenvalue weighted by molar-refractivity contribution is 8.02. The van der Waals surface area contributed by atoms with E-state index < -0.39 is 0 Å². The number of Topliss-reactive ketones (excluding diaryl/α,β-unsaturated/α-hetero) is 1. The van der Waals surface area contributed by atoms with Crippen molar-refractivity contribution in [1.29, 1.82) is 0 Å². The second-order valence-corrected chi connectivity index (χ2v) is 11.1. The number of hydrogen-bond donors (Lipinski definition) is 1. The van der Waals surface area contributed by atoms with Crippen LogP contribution in [0.15, 0.2) is 4.34 Å². The molecule has 4 bridgehead atoms. The van der Waals surface area contributed by atoms with Gasteiger partial charge in [-0.1, -0.05) is 11.8 Å². The molecule has 1 unspecified atom stereocenters. The quantitative estimate of drug-likeness (QED) is 0.765. The summed E-state index contributed by atoms with van der Waals surface area (Å²) in [5.74, 6) is 2.48. The van der Waals surface area contributed by atoms with E-state index in [0.717, 1.165) is 51.9 Å². The Labute approximate surface area is 157 Å². The molecule has 1 heterocycles. The fourth-order valence-corrected chi connectivity index (χ4v) is 8.40. The van der Waals surface area contributed by atoms with Gasteiger partial charge in [0.05, 0.1) is 17.4 Å². The van der Waals surface area contributed by atoms with Gasteiger partial charge in [0, 0.05) is 10.3 Å². The van der Waals surface area contributed by atoms with Gasteiger partial charge in [0.15, 0.2) is 10.1 Å². The number of primary amides is 1. The minimum atomic E-state index is -0.332. The molecule has 0 aromatic carbocycles. The van der Waals surface area contributed by atoms with Crippen LogP contribution in [0.1, 0.15) is 56.0 Å². The van der Waals surface area contributed by atoms with Gasteiger partial charge in [0.25, 0.3) is 0 Å². The van der Waals surface area contributed by atoms with Gasteiger partial charge in [-0.2, -0.15) is 0 Å². The number of aryl methyl sites for hydroxylation is 1. The van der Waals surface area contributed by atoms with E-state index in [-0.39, 0.29) is 23.0 Å². The smallest absolute Gasteiger partial charge is 0.222 e. The van der Waals surface area contributed by atoms with Gasteiger partial charge in [0.1, 0.15) is 0 Å². The Kier molecular flexibility index (Phi) is 4.47. The highest BCUT2D eigenvalue weighted by Gasteiger charge is 2.55. The predicted octanol–water partition coefficient (Wildman–Crippen LogP) is 3.75. The van der Waals surface area contributed by atoms with Crippen molar-refractivity contribution >= 4 is 34.8 Å². The van der Waals surface area contributed by atoms with Crippen LogP contribution in [0, 0.1) is 30.1 Å². The van der Waals surface area contributed by atoms with Gasteiger partial charge >= 0.3 is 0 Å². The first-order valence-electron chi connectivity index (χ1n) is 9.30. The molecule has 4 nitrogen and oxygen atoms in total. The van der Waals surface area contributed by atoms with Crippen molar-refractivity contribution in [1.82, 2.24) is 4.98 Å². The molecular weight excluding hydrogens is 352 g/mol. The lowest BCUT2D eigenvalue weighted by molar-refractivity contribution is -0.143. The van der Waals surface area contributed by atoms with Crippen molar-refractivity contribution in [2.75, 3.05) is 0 Å². The zero-order valence-electron chi connectivity index (χ0n) is 14.9. The molecule has 6 heteroatoms. The lowest BCUT2D eigenvalue weighted by atomic mass is 9.48. The average Bonchev–Trinajstić information content (AvgIpc) is 2.83. The number of amides is 1. The van der Waals surface area contributed by atoms with Crippen LogP contribution in [0.3, 0.4) is 0 Å². The highest BCUT2D eigenvalue weighted by atomic mass is 32.2. The van der Waals surface area contributed by atoms with E-state index in [1.54, 1.807) is 11.8 Å². The first kappa shape index (κ1) is 17.5. The van der Waals surface area contributed by atoms with Crippen molar-refractivity contribution < 1.29 is 9.59 Å². The molecule has 1 aromatic heterocycles. The Morgan fingerprint density at radius 3 is 2.32 bits per heavy atom. The van der Waals surface area contributed by atoms with Crippen LogP contribution >= 0.6 is 23.1 Å². The van der Waals surface area contributed by atoms with Crippen molar-refractivity contribution in [3.63, 3.8) is 0 Å². The van der Waals surface area contributed by atoms with Crippen molar-refractivity contribution in [2.45, 2.75) is 68.4 Å². The largest absolute Gasteiger partial charge is 0.369 e. The van der Waals surface area contributed by atoms with Crippen molar-refractivity contribution in [3.05, 3.63) is 10.6 Å². The number of nitrogens with zero attached hydrogens (tertiary/aromatic N) is 1. The van der Waals surface area contributed by atoms with E-state index in [4.69, 9.17) is 5.73 Å². The number of carbonyl (C=O) groups is 2. The molecule has 4 aliphatic rings. The second kappa shape index (κ2) is 6.38. The van der Waals surface area contributed by atoms with Crippen LogP contribution in [-0.2, 0) is 16.0 Å². The fraction of sp³-hybridized carbons (Fsp3) is 0.737. The fourth-order valence-electron chi connectivity index (χ4n) is 5.82. The zero-order chi connectivity index (χ0) is 17.8. The average molecular weight is 379 g/mol. The summed E-state index contributed by atoms with van der Waals surface area (Å²) >= 11 is 3.08. The number of thioether (sulfide) groups is 1. The molecule has 4 aliphatic carbocycles. The number of ketones is 1. The summed E-state index contributed by atoms with van der Waals surface area (Å²) in [6.07, 6.45) is 7.66. The molecular formula is C19H26N2O2S2. The number of rotatable bonds is 6. The third kappa shape index (κ3) is 3.27. The summed E-state index contributed by atoms with van der Waals surface area (Å²) in [6.45, 7) is 3.94. The molecule has 4 fully saturated rings. The molecule has 0 spiro atoms. The maximum absolute atomic E-state index is 13.4. The van der Waals surface area contributed by atoms with Crippen LogP contribution < -0.4 is 5.73 Å². The van der Waals surface area contributed by atoms with E-state index in [1.165, 1.54) is 30.6 Å². The molecule has 0 saturated heterocycles. The van der Waals surface area contributed by atoms with E-state index in [0.29, 0.717) is 5.78 Å². The van der Waals surface area contributed by atoms with E-state index in [1.807, 2.05) is 13.8 Å². The zero-order valence-corrected chi connectivity index (χ0v) is 16.5. The number of thiazole rings is 1. The molecule has 25 heavy (non-hydrogen) atoms. The molecule has 1 aromatic rings. The summed E-state index contributed by atoms with van der Waals surface area (Å²) in [6, 6.07) is 0. The molecule has 5 rings (SSSR count). The summed E-state index contributed by atoms with van der Waals surface area (Å²) in [5, 5.41) is -0.0665. The van der Waals surface area contributed by atoms with Gasteiger partial charge in [-0.25, -0.2) is 4.98 Å². The summed E-state index contributed by atoms with van der Waals surface area (Å²) in [4.78, 5) is 30.0. The van der Waals surface area contributed by atoms with Crippen LogP contribution in [-0.4, -0.2) is 21.9 Å². The number of carbonyl (C=O) groups excluding carboxylic acids is 2. The van der Waals surface area contributed by atoms with Crippen molar-refractivity contribution in [2.24, 2.45) is 28.9 Å². The monoisotopic (exact) mass is 378 g/mol. The molecule has 2 N–H and O–H groups in total. The molecule has 0 radical (unpaired) electrons. The lowest BCUT2D eigenvalue weighted by Crippen LogP contribution is -2.51. The Morgan fingerprint density at radius 2 is 1.80 bits per heavy atom. The normalized spacial score (nSPS) is 34.2. The van der Waals surface area contributed by atoms with E-state index in [2.05, 4.69) is 4.98 Å². The number of hydrogen-bond acceptors (Lipinski definition) is 5. The van der Waals surface area contributed by atoms with Crippen molar-refractivity contribution in [3.8, 4) is 0 Å². The molecule has 4 saturated carbocycles. The molecule has 1 amide bonds. The Hall–Kier alpha value is -0.880. The predicted molar refractivity (Wildman–Crippen MR) is 101 cm³/mol. The first-order valence-corrected chi connectivity index (χ1v) is 11.0. The van der Waals surface area contributed by atoms with Crippen LogP contribution in [0.25, 0.3) is 0 Å². The van der Waals surface area contributed by atoms with Gasteiger partial charge in [-0.15, -0.1) is 11.3 Å². The standard InChI is InChI=1S/C19H26N2O2S2/c1-10-15(6-16(20)22)25-18(21-10)24-11(2)17(23)19-7-12-3-13(8-19)5-14(4-12)9-19/h11-14H,3-9H2,1-2H3,(H2,20,22). The SMILES string of the molecule is Cc1nc(SC(C)C(=O)C23CC4CC(CC(C4)C2)C3)sc1CC(N)=O. The first-order chi connectivity index (χ1) is 11.8. The highest BCUT2D eigenvalue weighted by Crippen LogP contribution is 2.61. The lowest BCUT2D eigenvalue weighted by Gasteiger charge is -2.56. The van der Waals surface area contributed by atoms with E-state index >= 15 is 0 Å². The van der Waals surface area contributed by atoms with Gasteiger partial charge < -0.3 is 5.73 Å². The maximum atomic E-state index is 13.4. The van der Waals surface area contributed by atoms with E-state index in [9.17, 15) is 9.59 Å². The number of aromatic nitrogens is 1.